The van der Waals surface area contributed by atoms with Crippen LogP contribution >= 0.6 is 0 Å². The summed E-state index contributed by atoms with van der Waals surface area (Å²) in [4.78, 5) is 15.2. The fraction of sp³-hybridized carbons (Fsp3) is 0.221. The fourth-order valence-electron chi connectivity index (χ4n) is 21.7. The number of benzene rings is 14. The lowest BCUT2D eigenvalue weighted by molar-refractivity contribution is -0.134. The van der Waals surface area contributed by atoms with E-state index in [-0.39, 0.29) is 29.6 Å². The van der Waals surface area contributed by atoms with E-state index in [1.54, 1.807) is 11.1 Å². The third-order valence-corrected chi connectivity index (χ3v) is 24.6. The normalized spacial score (nSPS) is 20.7. The number of hydrogen-bond acceptors (Lipinski definition) is 2. The van der Waals surface area contributed by atoms with Crippen LogP contribution in [-0.4, -0.2) is 5.97 Å². The molecule has 24 rings (SSSR count). The predicted octanol–water partition coefficient (Wildman–Crippen LogP) is 21.6. The van der Waals surface area contributed by atoms with Gasteiger partial charge in [-0.15, -0.1) is 0 Å². The van der Waals surface area contributed by atoms with Crippen LogP contribution < -0.4 is 15.2 Å². The molecule has 4 unspecified atom stereocenters. The Morgan fingerprint density at radius 2 is 1.07 bits per heavy atom. The Bertz CT molecular complexity index is 6280. The molecule has 4 atom stereocenters. The van der Waals surface area contributed by atoms with E-state index in [2.05, 4.69) is 147 Å². The van der Waals surface area contributed by atoms with Crippen LogP contribution in [0.2, 0.25) is 0 Å². The minimum atomic E-state index is -0.112. The molecule has 0 saturated carbocycles. The summed E-state index contributed by atoms with van der Waals surface area (Å²) in [7, 11) is 0. The minimum absolute atomic E-state index is 0.0899. The van der Waals surface area contributed by atoms with Gasteiger partial charge >= 0.3 is 5.97 Å². The van der Waals surface area contributed by atoms with Crippen LogP contribution in [0.1, 0.15) is 154 Å². The smallest absolute Gasteiger partial charge is 0.311 e. The van der Waals surface area contributed by atoms with Gasteiger partial charge in [0.05, 0.1) is 0 Å². The molecule has 10 aliphatic carbocycles. The Labute approximate surface area is 506 Å². The van der Waals surface area contributed by atoms with Gasteiger partial charge in [0.15, 0.2) is 0 Å². The summed E-state index contributed by atoms with van der Waals surface area (Å²) in [6.45, 7) is 2.29. The van der Waals surface area contributed by atoms with Gasteiger partial charge in [0.25, 0.3) is 0 Å². The van der Waals surface area contributed by atoms with Gasteiger partial charge in [0, 0.05) is 62.4 Å². The molecule has 0 spiro atoms. The van der Waals surface area contributed by atoms with Gasteiger partial charge in [-0.05, 0) is 246 Å². The molecule has 0 N–H and O–H groups in total. The zero-order valence-electron chi connectivity index (χ0n) is 49.3. The summed E-state index contributed by atoms with van der Waals surface area (Å²) in [5.41, 5.74) is 20.3. The molecule has 2 heteroatoms. The molecular formula is C86H58O2. The van der Waals surface area contributed by atoms with E-state index in [1.165, 1.54) is 264 Å². The first-order valence-corrected chi connectivity index (χ1v) is 33.7. The van der Waals surface area contributed by atoms with Crippen molar-refractivity contribution in [1.82, 2.24) is 0 Å². The number of esters is 1. The van der Waals surface area contributed by atoms with Crippen LogP contribution in [0.25, 0.3) is 170 Å². The quantitative estimate of drug-likeness (QED) is 0.0241. The lowest BCUT2D eigenvalue weighted by Gasteiger charge is -2.48. The number of carbonyl (C=O) groups is 1. The molecule has 0 saturated heterocycles. The van der Waals surface area contributed by atoms with Gasteiger partial charge in [-0.2, -0.15) is 0 Å². The van der Waals surface area contributed by atoms with Gasteiger partial charge in [0.2, 0.25) is 0 Å². The first-order chi connectivity index (χ1) is 43.6. The Morgan fingerprint density at radius 3 is 1.95 bits per heavy atom. The van der Waals surface area contributed by atoms with E-state index >= 15 is 4.79 Å². The highest BCUT2D eigenvalue weighted by molar-refractivity contribution is 6.60. The number of rotatable bonds is 16. The van der Waals surface area contributed by atoms with Crippen molar-refractivity contribution in [2.45, 2.75) is 115 Å². The highest BCUT2D eigenvalue weighted by Gasteiger charge is 2.51. The Morgan fingerprint density at radius 1 is 0.443 bits per heavy atom. The van der Waals surface area contributed by atoms with Crippen molar-refractivity contribution in [2.75, 3.05) is 0 Å². The molecule has 2 nitrogen and oxygen atoms in total. The van der Waals surface area contributed by atoms with E-state index in [0.717, 1.165) is 42.2 Å². The molecule has 88 heavy (non-hydrogen) atoms. The van der Waals surface area contributed by atoms with Gasteiger partial charge in [-0.25, -0.2) is 0 Å². The number of carbonyl (C=O) groups excluding carboxylic acids is 1. The standard InChI is InChI=1S/C86H58O2/c1-2-3-4-5-6-7-8-9-10-11-12-13-14-15-16-23-55(87)88-86-53-37-44-27-25-40-29-31-52-49-21-17-19-41-32-45-35-47-36-46-34-43-26-24-39-28-30-51-50-22-18-20-42-33-48-38-54(86)69-76-65(48)71(57(42)50)78-66(51)58(39)60(43)72-63(46)74-64(47)73-62(45)70(56(41)49)79-67(52)59(40)61(44)75-68(53)77(69)85(81(73)83(75)79)82(74)84(76)80(72)78/h9-10,17-22,24-38,57-58,60,62H,2-8,11-16,23H2,1H3/b10-9-. The molecule has 0 radical (unpaired) electrons. The number of ether oxygens (including phenoxy) is 1. The van der Waals surface area contributed by atoms with Crippen LogP contribution in [0, 0.1) is 5.92 Å². The first-order valence-electron chi connectivity index (χ1n) is 33.7. The van der Waals surface area contributed by atoms with Crippen LogP contribution in [-0.2, 0) is 4.79 Å². The second-order valence-corrected chi connectivity index (χ2v) is 28.6. The molecule has 14 aromatic carbocycles. The van der Waals surface area contributed by atoms with Gasteiger partial charge in [0.1, 0.15) is 5.75 Å². The van der Waals surface area contributed by atoms with E-state index in [1.807, 2.05) is 0 Å². The average Bonchev–Trinajstić information content (AvgIpc) is 0.626. The Balaban J connectivity index is 0.826. The van der Waals surface area contributed by atoms with Crippen LogP contribution in [0.4, 0.5) is 0 Å². The van der Waals surface area contributed by atoms with Crippen molar-refractivity contribution >= 4 is 176 Å². The van der Waals surface area contributed by atoms with Crippen LogP contribution in [0.5, 0.6) is 5.75 Å². The lowest BCUT2D eigenvalue weighted by Crippen LogP contribution is -2.40. The maximum Gasteiger partial charge on any atom is 0.311 e. The predicted molar refractivity (Wildman–Crippen MR) is 371 cm³/mol. The van der Waals surface area contributed by atoms with E-state index in [0.29, 0.717) is 6.42 Å². The molecular weight excluding hydrogens is 1060 g/mol. The maximum atomic E-state index is 15.2. The van der Waals surface area contributed by atoms with Gasteiger partial charge in [-0.3, -0.25) is 4.79 Å². The van der Waals surface area contributed by atoms with Crippen LogP contribution in [0.15, 0.2) is 149 Å². The van der Waals surface area contributed by atoms with Crippen molar-refractivity contribution in [2.24, 2.45) is 5.92 Å². The zero-order valence-corrected chi connectivity index (χ0v) is 49.3. The summed E-state index contributed by atoms with van der Waals surface area (Å²) >= 11 is 0. The SMILES string of the molecule is CCCCCCCC/C=C\CCCCCCCC(=O)Oc1c2cc3c4c5c6c7c8c9c(cc%10c%11c%12c%13c%14c%15c%16c%17c(cccc%17c%17ccc%18ccc%19cc1c(c%14c%19c%18c%17%15)c1c2c4c7c(c9%11)c%131)=CC(=C%10)C%16%12)C=C1C=CC2=CC=C(C4=CC=CC(=C3)C45)C=6C2C18. The summed E-state index contributed by atoms with van der Waals surface area (Å²) in [5, 5.41) is 38.8. The first kappa shape index (κ1) is 46.1. The molecule has 0 aromatic heterocycles. The van der Waals surface area contributed by atoms with Crippen molar-refractivity contribution in [1.29, 1.82) is 0 Å². The van der Waals surface area contributed by atoms with E-state index in [9.17, 15) is 0 Å². The Kier molecular flexibility index (Phi) is 8.07. The molecule has 0 fully saturated rings. The average molecular weight is 1120 g/mol. The largest absolute Gasteiger partial charge is 0.425 e. The van der Waals surface area contributed by atoms with Crippen LogP contribution in [0.3, 0.4) is 0 Å². The second-order valence-electron chi connectivity index (χ2n) is 28.6. The van der Waals surface area contributed by atoms with Crippen molar-refractivity contribution in [3.05, 3.63) is 198 Å². The molecule has 10 aliphatic rings. The molecule has 14 aromatic rings. The third kappa shape index (κ3) is 4.92. The zero-order chi connectivity index (χ0) is 56.6. The fourth-order valence-corrected chi connectivity index (χ4v) is 21.7. The number of unbranched alkanes of at least 4 members (excludes halogenated alkanes) is 11. The van der Waals surface area contributed by atoms with Gasteiger partial charge < -0.3 is 4.74 Å². The Hall–Kier alpha value is -9.11. The number of fused-ring (bicyclic) bond motifs is 2. The number of hydrogen-bond donors (Lipinski definition) is 0. The van der Waals surface area contributed by atoms with Gasteiger partial charge in [-0.1, -0.05) is 180 Å². The summed E-state index contributed by atoms with van der Waals surface area (Å²) in [6.07, 6.45) is 48.6. The molecule has 0 amide bonds. The third-order valence-electron chi connectivity index (χ3n) is 24.6. The van der Waals surface area contributed by atoms with Crippen molar-refractivity contribution in [3.8, 4) is 5.75 Å². The van der Waals surface area contributed by atoms with Crippen molar-refractivity contribution in [3.63, 3.8) is 0 Å². The molecule has 0 bridgehead atoms. The monoisotopic (exact) mass is 1120 g/mol. The summed E-state index contributed by atoms with van der Waals surface area (Å²) in [6, 6.07) is 24.4. The molecule has 0 heterocycles. The van der Waals surface area contributed by atoms with E-state index < -0.39 is 0 Å². The lowest BCUT2D eigenvalue weighted by atomic mass is 9.54. The number of allylic oxidation sites excluding steroid dienone is 15. The topological polar surface area (TPSA) is 26.3 Å². The summed E-state index contributed by atoms with van der Waals surface area (Å²) < 4.78 is 7.34. The minimum Gasteiger partial charge on any atom is -0.425 e. The maximum absolute atomic E-state index is 15.2. The second kappa shape index (κ2) is 15.4. The molecule has 414 valence electrons. The molecule has 0 aliphatic heterocycles. The van der Waals surface area contributed by atoms with E-state index in [4.69, 9.17) is 4.74 Å². The van der Waals surface area contributed by atoms with Crippen molar-refractivity contribution < 1.29 is 9.53 Å². The highest BCUT2D eigenvalue weighted by Crippen LogP contribution is 2.70. The highest BCUT2D eigenvalue weighted by atomic mass is 16.5. The summed E-state index contributed by atoms with van der Waals surface area (Å²) in [5.74, 6) is 1.30.